The third-order valence-electron chi connectivity index (χ3n) is 2.96. The molecular formula is C15H24N2O3. The monoisotopic (exact) mass is 280 g/mol. The molecule has 112 valence electrons. The highest BCUT2D eigenvalue weighted by Gasteiger charge is 2.13. The van der Waals surface area contributed by atoms with Crippen LogP contribution in [0.25, 0.3) is 0 Å². The van der Waals surface area contributed by atoms with E-state index in [2.05, 4.69) is 0 Å². The Morgan fingerprint density at radius 2 is 2.05 bits per heavy atom. The van der Waals surface area contributed by atoms with Crippen LogP contribution in [0.15, 0.2) is 18.2 Å². The first kappa shape index (κ1) is 16.3. The standard InChI is InChI=1S/C15H24N2O3/c1-3-12(16)10-11-6-5-7-13(19-4-2)15(11)20-9-8-14(17)18/h5-7,12H,3-4,8-10,16H2,1-2H3,(H2,17,18). The number of nitrogens with two attached hydrogens (primary N) is 2. The van der Waals surface area contributed by atoms with Gasteiger partial charge in [0.05, 0.1) is 19.6 Å². The molecule has 4 N–H and O–H groups in total. The molecule has 0 fully saturated rings. The molecule has 0 saturated carbocycles. The molecule has 5 heteroatoms. The molecule has 1 rings (SSSR count). The highest BCUT2D eigenvalue weighted by Crippen LogP contribution is 2.32. The van der Waals surface area contributed by atoms with E-state index in [0.717, 1.165) is 12.0 Å². The van der Waals surface area contributed by atoms with Crippen molar-refractivity contribution in [3.05, 3.63) is 23.8 Å². The highest BCUT2D eigenvalue weighted by molar-refractivity contribution is 5.73. The highest BCUT2D eigenvalue weighted by atomic mass is 16.5. The molecule has 0 heterocycles. The van der Waals surface area contributed by atoms with Gasteiger partial charge in [0.15, 0.2) is 11.5 Å². The van der Waals surface area contributed by atoms with Crippen molar-refractivity contribution in [1.29, 1.82) is 0 Å². The van der Waals surface area contributed by atoms with Gasteiger partial charge in [0.2, 0.25) is 5.91 Å². The number of hydrogen-bond acceptors (Lipinski definition) is 4. The van der Waals surface area contributed by atoms with Gasteiger partial charge in [-0.2, -0.15) is 0 Å². The summed E-state index contributed by atoms with van der Waals surface area (Å²) in [5, 5.41) is 0. The zero-order valence-electron chi connectivity index (χ0n) is 12.2. The smallest absolute Gasteiger partial charge is 0.220 e. The van der Waals surface area contributed by atoms with Crippen molar-refractivity contribution < 1.29 is 14.3 Å². The van der Waals surface area contributed by atoms with Crippen LogP contribution in [0, 0.1) is 0 Å². The van der Waals surface area contributed by atoms with E-state index in [9.17, 15) is 4.79 Å². The zero-order chi connectivity index (χ0) is 15.0. The maximum Gasteiger partial charge on any atom is 0.220 e. The predicted molar refractivity (Wildman–Crippen MR) is 78.9 cm³/mol. The molecule has 1 unspecified atom stereocenters. The number of para-hydroxylation sites is 1. The fourth-order valence-electron chi connectivity index (χ4n) is 1.84. The first-order valence-corrected chi connectivity index (χ1v) is 6.99. The van der Waals surface area contributed by atoms with E-state index >= 15 is 0 Å². The van der Waals surface area contributed by atoms with Crippen molar-refractivity contribution in [3.63, 3.8) is 0 Å². The summed E-state index contributed by atoms with van der Waals surface area (Å²) in [5.74, 6) is 0.961. The molecule has 0 aromatic heterocycles. The summed E-state index contributed by atoms with van der Waals surface area (Å²) in [6.07, 6.45) is 1.78. The molecule has 1 aromatic rings. The van der Waals surface area contributed by atoms with Crippen LogP contribution in [-0.2, 0) is 11.2 Å². The molecule has 1 amide bonds. The van der Waals surface area contributed by atoms with Gasteiger partial charge in [0.1, 0.15) is 0 Å². The van der Waals surface area contributed by atoms with E-state index in [1.807, 2.05) is 32.0 Å². The van der Waals surface area contributed by atoms with Gasteiger partial charge in [-0.15, -0.1) is 0 Å². The Morgan fingerprint density at radius 3 is 2.65 bits per heavy atom. The van der Waals surface area contributed by atoms with Crippen LogP contribution in [-0.4, -0.2) is 25.2 Å². The van der Waals surface area contributed by atoms with Crippen LogP contribution in [0.2, 0.25) is 0 Å². The first-order chi connectivity index (χ1) is 9.58. The minimum Gasteiger partial charge on any atom is -0.490 e. The lowest BCUT2D eigenvalue weighted by Crippen LogP contribution is -2.22. The second-order valence-corrected chi connectivity index (χ2v) is 4.61. The van der Waals surface area contributed by atoms with Crippen LogP contribution < -0.4 is 20.9 Å². The minimum atomic E-state index is -0.384. The normalized spacial score (nSPS) is 11.9. The number of rotatable bonds is 9. The van der Waals surface area contributed by atoms with Crippen molar-refractivity contribution in [1.82, 2.24) is 0 Å². The molecule has 0 radical (unpaired) electrons. The van der Waals surface area contributed by atoms with E-state index in [4.69, 9.17) is 20.9 Å². The van der Waals surface area contributed by atoms with Crippen LogP contribution in [0.1, 0.15) is 32.3 Å². The Hall–Kier alpha value is -1.75. The summed E-state index contributed by atoms with van der Waals surface area (Å²) in [6, 6.07) is 5.82. The van der Waals surface area contributed by atoms with Gasteiger partial charge in [-0.25, -0.2) is 0 Å². The van der Waals surface area contributed by atoms with E-state index in [-0.39, 0.29) is 25.0 Å². The van der Waals surface area contributed by atoms with Crippen molar-refractivity contribution in [2.45, 2.75) is 39.2 Å². The first-order valence-electron chi connectivity index (χ1n) is 6.99. The van der Waals surface area contributed by atoms with Gasteiger partial charge in [-0.1, -0.05) is 19.1 Å². The number of amides is 1. The topological polar surface area (TPSA) is 87.6 Å². The maximum atomic E-state index is 10.8. The fourth-order valence-corrected chi connectivity index (χ4v) is 1.84. The van der Waals surface area contributed by atoms with E-state index in [1.165, 1.54) is 0 Å². The van der Waals surface area contributed by atoms with Crippen LogP contribution in [0.4, 0.5) is 0 Å². The third-order valence-corrected chi connectivity index (χ3v) is 2.96. The zero-order valence-corrected chi connectivity index (χ0v) is 12.2. The summed E-state index contributed by atoms with van der Waals surface area (Å²) in [6.45, 7) is 4.76. The van der Waals surface area contributed by atoms with Crippen molar-refractivity contribution in [2.75, 3.05) is 13.2 Å². The number of primary amides is 1. The molecule has 0 spiro atoms. The number of carbonyl (C=O) groups excluding carboxylic acids is 1. The van der Waals surface area contributed by atoms with Crippen LogP contribution >= 0.6 is 0 Å². The Kier molecular flexibility index (Phi) is 6.87. The van der Waals surface area contributed by atoms with E-state index < -0.39 is 0 Å². The minimum absolute atomic E-state index is 0.0744. The van der Waals surface area contributed by atoms with Gasteiger partial charge >= 0.3 is 0 Å². The number of ether oxygens (including phenoxy) is 2. The van der Waals surface area contributed by atoms with Crippen molar-refractivity contribution in [3.8, 4) is 11.5 Å². The van der Waals surface area contributed by atoms with Gasteiger partial charge < -0.3 is 20.9 Å². The number of benzene rings is 1. The number of hydrogen-bond donors (Lipinski definition) is 2. The summed E-state index contributed by atoms with van der Waals surface area (Å²) in [7, 11) is 0. The maximum absolute atomic E-state index is 10.8. The van der Waals surface area contributed by atoms with E-state index in [0.29, 0.717) is 24.5 Å². The summed E-state index contributed by atoms with van der Waals surface area (Å²) in [4.78, 5) is 10.8. The van der Waals surface area contributed by atoms with E-state index in [1.54, 1.807) is 0 Å². The van der Waals surface area contributed by atoms with Crippen molar-refractivity contribution in [2.24, 2.45) is 11.5 Å². The average Bonchev–Trinajstić information content (AvgIpc) is 2.41. The molecule has 0 bridgehead atoms. The Morgan fingerprint density at radius 1 is 1.30 bits per heavy atom. The summed E-state index contributed by atoms with van der Waals surface area (Å²) < 4.78 is 11.3. The second kappa shape index (κ2) is 8.43. The van der Waals surface area contributed by atoms with Gasteiger partial charge in [-0.05, 0) is 31.4 Å². The summed E-state index contributed by atoms with van der Waals surface area (Å²) >= 11 is 0. The van der Waals surface area contributed by atoms with Gasteiger partial charge in [0.25, 0.3) is 0 Å². The second-order valence-electron chi connectivity index (χ2n) is 4.61. The Bertz CT molecular complexity index is 435. The molecular weight excluding hydrogens is 256 g/mol. The van der Waals surface area contributed by atoms with Crippen LogP contribution in [0.5, 0.6) is 11.5 Å². The lowest BCUT2D eigenvalue weighted by atomic mass is 10.0. The molecule has 1 aromatic carbocycles. The number of carbonyl (C=O) groups is 1. The molecule has 0 aliphatic carbocycles. The lowest BCUT2D eigenvalue weighted by Gasteiger charge is -2.17. The molecule has 20 heavy (non-hydrogen) atoms. The van der Waals surface area contributed by atoms with Gasteiger partial charge in [0, 0.05) is 6.04 Å². The average molecular weight is 280 g/mol. The molecule has 5 nitrogen and oxygen atoms in total. The molecule has 0 saturated heterocycles. The lowest BCUT2D eigenvalue weighted by molar-refractivity contribution is -0.118. The molecule has 1 atom stereocenters. The van der Waals surface area contributed by atoms with Crippen LogP contribution in [0.3, 0.4) is 0 Å². The quantitative estimate of drug-likeness (QED) is 0.719. The predicted octanol–water partition coefficient (Wildman–Crippen LogP) is 1.62. The fraction of sp³-hybridized carbons (Fsp3) is 0.533. The van der Waals surface area contributed by atoms with Crippen molar-refractivity contribution >= 4 is 5.91 Å². The SMILES string of the molecule is CCOc1cccc(CC(N)CC)c1OCCC(N)=O. The summed E-state index contributed by atoms with van der Waals surface area (Å²) in [5.41, 5.74) is 12.1. The third kappa shape index (κ3) is 5.09. The Labute approximate surface area is 120 Å². The molecule has 0 aliphatic rings. The largest absolute Gasteiger partial charge is 0.490 e. The molecule has 0 aliphatic heterocycles. The van der Waals surface area contributed by atoms with Gasteiger partial charge in [-0.3, -0.25) is 4.79 Å². The Balaban J connectivity index is 2.90.